The summed E-state index contributed by atoms with van der Waals surface area (Å²) >= 11 is 0. The summed E-state index contributed by atoms with van der Waals surface area (Å²) in [6.45, 7) is 7.88. The van der Waals surface area contributed by atoms with Crippen LogP contribution in [0, 0.1) is 5.92 Å². The predicted octanol–water partition coefficient (Wildman–Crippen LogP) is 3.88. The Morgan fingerprint density at radius 3 is 2.19 bits per heavy atom. The molecule has 0 amide bonds. The molecular weight excluding hydrogens is 196 g/mol. The van der Waals surface area contributed by atoms with Gasteiger partial charge in [0.2, 0.25) is 0 Å². The molecule has 0 saturated heterocycles. The van der Waals surface area contributed by atoms with Crippen molar-refractivity contribution < 1.29 is 4.79 Å². The Labute approximate surface area is 98.2 Å². The van der Waals surface area contributed by atoms with E-state index in [0.717, 1.165) is 17.6 Å². The molecule has 0 radical (unpaired) electrons. The van der Waals surface area contributed by atoms with E-state index in [0.29, 0.717) is 5.92 Å². The fourth-order valence-corrected chi connectivity index (χ4v) is 1.57. The van der Waals surface area contributed by atoms with Gasteiger partial charge in [-0.3, -0.25) is 4.79 Å². The Balaban J connectivity index is 2.79. The third-order valence-corrected chi connectivity index (χ3v) is 2.56. The highest BCUT2D eigenvalue weighted by Gasteiger charge is 1.99. The second-order valence-electron chi connectivity index (χ2n) is 4.72. The molecule has 16 heavy (non-hydrogen) atoms. The van der Waals surface area contributed by atoms with Crippen LogP contribution in [0.1, 0.15) is 38.8 Å². The summed E-state index contributed by atoms with van der Waals surface area (Å²) in [7, 11) is 0. The first-order valence-electron chi connectivity index (χ1n) is 5.77. The van der Waals surface area contributed by atoms with Crippen LogP contribution in [0.4, 0.5) is 0 Å². The molecule has 1 aromatic carbocycles. The van der Waals surface area contributed by atoms with Gasteiger partial charge in [-0.25, -0.2) is 0 Å². The summed E-state index contributed by atoms with van der Waals surface area (Å²) in [6.07, 6.45) is 3.04. The molecule has 0 heterocycles. The van der Waals surface area contributed by atoms with Crippen LogP contribution in [0.15, 0.2) is 29.8 Å². The first kappa shape index (κ1) is 12.7. The van der Waals surface area contributed by atoms with Gasteiger partial charge in [-0.15, -0.1) is 0 Å². The van der Waals surface area contributed by atoms with Crippen LogP contribution >= 0.6 is 0 Å². The Morgan fingerprint density at radius 2 is 1.75 bits per heavy atom. The summed E-state index contributed by atoms with van der Waals surface area (Å²) in [4.78, 5) is 11.1. The van der Waals surface area contributed by atoms with Gasteiger partial charge in [0.1, 0.15) is 0 Å². The Hall–Kier alpha value is -1.37. The van der Waals surface area contributed by atoms with Gasteiger partial charge < -0.3 is 0 Å². The number of allylic oxidation sites excluding steroid dienone is 1. The number of rotatable bonds is 4. The number of benzene rings is 1. The van der Waals surface area contributed by atoms with Crippen molar-refractivity contribution in [1.82, 2.24) is 0 Å². The molecule has 1 nitrogen and oxygen atoms in total. The zero-order valence-electron chi connectivity index (χ0n) is 10.6. The summed E-state index contributed by atoms with van der Waals surface area (Å²) in [5.41, 5.74) is 3.25. The Kier molecular flexibility index (Phi) is 4.48. The lowest BCUT2D eigenvalue weighted by atomic mass is 10.0. The fourth-order valence-electron chi connectivity index (χ4n) is 1.57. The molecule has 0 atom stereocenters. The van der Waals surface area contributed by atoms with Gasteiger partial charge >= 0.3 is 0 Å². The number of ketones is 1. The lowest BCUT2D eigenvalue weighted by molar-refractivity contribution is -0.113. The second kappa shape index (κ2) is 5.64. The van der Waals surface area contributed by atoms with Gasteiger partial charge in [-0.2, -0.15) is 0 Å². The smallest absolute Gasteiger partial charge is 0.155 e. The van der Waals surface area contributed by atoms with E-state index >= 15 is 0 Å². The summed E-state index contributed by atoms with van der Waals surface area (Å²) in [5, 5.41) is 0. The minimum atomic E-state index is 0.131. The van der Waals surface area contributed by atoms with E-state index in [9.17, 15) is 4.79 Å². The predicted molar refractivity (Wildman–Crippen MR) is 69.3 cm³/mol. The summed E-state index contributed by atoms with van der Waals surface area (Å²) < 4.78 is 0. The van der Waals surface area contributed by atoms with Crippen LogP contribution in [0.2, 0.25) is 0 Å². The van der Waals surface area contributed by atoms with Crippen molar-refractivity contribution in [3.05, 3.63) is 41.0 Å². The molecule has 0 saturated carbocycles. The SMILES string of the molecule is CC(=O)C(C)=Cc1ccc(CC(C)C)cc1. The van der Waals surface area contributed by atoms with E-state index in [1.807, 2.05) is 13.0 Å². The fraction of sp³-hybridized carbons (Fsp3) is 0.400. The average Bonchev–Trinajstić information content (AvgIpc) is 2.20. The Morgan fingerprint density at radius 1 is 1.19 bits per heavy atom. The zero-order valence-corrected chi connectivity index (χ0v) is 10.6. The van der Waals surface area contributed by atoms with Crippen LogP contribution in [-0.4, -0.2) is 5.78 Å². The minimum Gasteiger partial charge on any atom is -0.295 e. The van der Waals surface area contributed by atoms with Crippen LogP contribution in [0.25, 0.3) is 6.08 Å². The van der Waals surface area contributed by atoms with E-state index in [1.165, 1.54) is 5.56 Å². The van der Waals surface area contributed by atoms with Gasteiger partial charge in [0.25, 0.3) is 0 Å². The lowest BCUT2D eigenvalue weighted by Crippen LogP contribution is -1.94. The molecule has 0 N–H and O–H groups in total. The van der Waals surface area contributed by atoms with Gasteiger partial charge in [0, 0.05) is 0 Å². The third-order valence-electron chi connectivity index (χ3n) is 2.56. The van der Waals surface area contributed by atoms with Crippen LogP contribution in [-0.2, 0) is 11.2 Å². The maximum absolute atomic E-state index is 11.1. The van der Waals surface area contributed by atoms with Crippen molar-refractivity contribution in [1.29, 1.82) is 0 Å². The largest absolute Gasteiger partial charge is 0.295 e. The van der Waals surface area contributed by atoms with Gasteiger partial charge in [0.05, 0.1) is 0 Å². The molecule has 0 bridgehead atoms. The van der Waals surface area contributed by atoms with E-state index < -0.39 is 0 Å². The molecular formula is C15H20O. The molecule has 1 heteroatoms. The molecule has 0 unspecified atom stereocenters. The topological polar surface area (TPSA) is 17.1 Å². The highest BCUT2D eigenvalue weighted by atomic mass is 16.1. The Bertz CT molecular complexity index is 382. The number of carbonyl (C=O) groups excluding carboxylic acids is 1. The molecule has 86 valence electrons. The second-order valence-corrected chi connectivity index (χ2v) is 4.72. The number of hydrogen-bond acceptors (Lipinski definition) is 1. The van der Waals surface area contributed by atoms with E-state index in [4.69, 9.17) is 0 Å². The van der Waals surface area contributed by atoms with Crippen molar-refractivity contribution in [2.24, 2.45) is 5.92 Å². The van der Waals surface area contributed by atoms with Gasteiger partial charge in [0.15, 0.2) is 5.78 Å². The van der Waals surface area contributed by atoms with Crippen molar-refractivity contribution in [3.63, 3.8) is 0 Å². The van der Waals surface area contributed by atoms with E-state index in [1.54, 1.807) is 6.92 Å². The van der Waals surface area contributed by atoms with E-state index in [2.05, 4.69) is 38.1 Å². The molecule has 0 aliphatic rings. The number of Topliss-reactive ketones (excluding diaryl/α,β-unsaturated/α-hetero) is 1. The first-order chi connectivity index (χ1) is 7.49. The molecule has 0 aliphatic carbocycles. The normalized spacial score (nSPS) is 11.9. The monoisotopic (exact) mass is 216 g/mol. The highest BCUT2D eigenvalue weighted by Crippen LogP contribution is 2.12. The van der Waals surface area contributed by atoms with Crippen LogP contribution in [0.3, 0.4) is 0 Å². The highest BCUT2D eigenvalue weighted by molar-refractivity contribution is 5.97. The maximum atomic E-state index is 11.1. The minimum absolute atomic E-state index is 0.131. The van der Waals surface area contributed by atoms with Gasteiger partial charge in [-0.05, 0) is 49.0 Å². The summed E-state index contributed by atoms with van der Waals surface area (Å²) in [5.74, 6) is 0.812. The van der Waals surface area contributed by atoms with Crippen molar-refractivity contribution >= 4 is 11.9 Å². The average molecular weight is 216 g/mol. The molecule has 0 fully saturated rings. The quantitative estimate of drug-likeness (QED) is 0.698. The summed E-state index contributed by atoms with van der Waals surface area (Å²) in [6, 6.07) is 8.42. The maximum Gasteiger partial charge on any atom is 0.155 e. The molecule has 0 spiro atoms. The molecule has 0 aromatic heterocycles. The molecule has 1 rings (SSSR count). The van der Waals surface area contributed by atoms with Crippen molar-refractivity contribution in [3.8, 4) is 0 Å². The van der Waals surface area contributed by atoms with Crippen molar-refractivity contribution in [2.75, 3.05) is 0 Å². The van der Waals surface area contributed by atoms with Crippen LogP contribution < -0.4 is 0 Å². The zero-order chi connectivity index (χ0) is 12.1. The van der Waals surface area contributed by atoms with Gasteiger partial charge in [-0.1, -0.05) is 38.1 Å². The third kappa shape index (κ3) is 4.01. The molecule has 1 aromatic rings. The lowest BCUT2D eigenvalue weighted by Gasteiger charge is -2.05. The van der Waals surface area contributed by atoms with Crippen molar-refractivity contribution in [2.45, 2.75) is 34.1 Å². The first-order valence-corrected chi connectivity index (χ1v) is 5.77. The standard InChI is InChI=1S/C15H20O/c1-11(2)9-14-5-7-15(8-6-14)10-12(3)13(4)16/h5-8,10-11H,9H2,1-4H3. The van der Waals surface area contributed by atoms with Crippen LogP contribution in [0.5, 0.6) is 0 Å². The number of carbonyl (C=O) groups is 1. The van der Waals surface area contributed by atoms with E-state index in [-0.39, 0.29) is 5.78 Å². The number of hydrogen-bond donors (Lipinski definition) is 0. The molecule has 0 aliphatic heterocycles.